The topological polar surface area (TPSA) is 6.02 Å². The van der Waals surface area contributed by atoms with Crippen LogP contribution in [0.3, 0.4) is 0 Å². The molecule has 1 atom stereocenters. The molecule has 4 rings (SSSR count). The molecule has 0 radical (unpaired) electrons. The summed E-state index contributed by atoms with van der Waals surface area (Å²) in [5, 5.41) is 0. The maximum absolute atomic E-state index is 2.44. The zero-order chi connectivity index (χ0) is 22.1. The van der Waals surface area contributed by atoms with Crippen molar-refractivity contribution in [1.82, 2.24) is 0 Å². The molecular weight excluding hydrogens is 376 g/mol. The standard InChI is InChI=1S/C29H34N2/c1-20(2)25-18-24(23-13-8-7-9-14-23)19-26(21(3)4)29(25)28-16-17-30(6)31(28)27-15-11-10-12-22(27)5/h7-21,28H,1-6H3/q+2. The first-order valence-electron chi connectivity index (χ1n) is 11.4. The molecule has 0 saturated heterocycles. The van der Waals surface area contributed by atoms with Crippen LogP contribution in [0.2, 0.25) is 0 Å². The number of rotatable bonds is 5. The van der Waals surface area contributed by atoms with Crippen molar-refractivity contribution >= 4 is 5.69 Å². The molecule has 0 bridgehead atoms. The monoisotopic (exact) mass is 410 g/mol. The molecule has 2 heteroatoms. The van der Waals surface area contributed by atoms with E-state index in [-0.39, 0.29) is 6.04 Å². The van der Waals surface area contributed by atoms with Gasteiger partial charge >= 0.3 is 0 Å². The molecule has 0 aromatic heterocycles. The smallest absolute Gasteiger partial charge is 0.0622 e. The first-order chi connectivity index (χ1) is 14.9. The zero-order valence-electron chi connectivity index (χ0n) is 19.6. The lowest BCUT2D eigenvalue weighted by molar-refractivity contribution is -0.954. The molecule has 1 aliphatic rings. The van der Waals surface area contributed by atoms with E-state index in [1.54, 1.807) is 0 Å². The second kappa shape index (κ2) is 8.63. The third-order valence-electron chi connectivity index (χ3n) is 6.34. The van der Waals surface area contributed by atoms with Crippen molar-refractivity contribution in [3.63, 3.8) is 0 Å². The van der Waals surface area contributed by atoms with Crippen molar-refractivity contribution in [2.45, 2.75) is 52.5 Å². The Hall–Kier alpha value is -3.00. The Balaban J connectivity index is 1.96. The van der Waals surface area contributed by atoms with Gasteiger partial charge in [-0.2, -0.15) is 0 Å². The van der Waals surface area contributed by atoms with Gasteiger partial charge in [-0.1, -0.05) is 88.4 Å². The van der Waals surface area contributed by atoms with Gasteiger partial charge in [0.2, 0.25) is 13.2 Å². The highest BCUT2D eigenvalue weighted by Gasteiger charge is 2.40. The molecular formula is C29H34N2+2. The summed E-state index contributed by atoms with van der Waals surface area (Å²) in [5.41, 5.74) is 9.48. The van der Waals surface area contributed by atoms with Gasteiger partial charge in [0.1, 0.15) is 0 Å². The van der Waals surface area contributed by atoms with E-state index in [0.29, 0.717) is 11.8 Å². The van der Waals surface area contributed by atoms with E-state index in [2.05, 4.69) is 130 Å². The Morgan fingerprint density at radius 2 is 1.32 bits per heavy atom. The van der Waals surface area contributed by atoms with Crippen molar-refractivity contribution < 1.29 is 9.39 Å². The van der Waals surface area contributed by atoms with E-state index in [0.717, 1.165) is 0 Å². The highest BCUT2D eigenvalue weighted by Crippen LogP contribution is 2.41. The minimum Gasteiger partial charge on any atom is -0.0622 e. The summed E-state index contributed by atoms with van der Waals surface area (Å²) in [6.45, 7) is 11.5. The fraction of sp³-hybridized carbons (Fsp3) is 0.310. The van der Waals surface area contributed by atoms with Gasteiger partial charge in [0, 0.05) is 26.6 Å². The van der Waals surface area contributed by atoms with Crippen LogP contribution in [0.4, 0.5) is 5.69 Å². The van der Waals surface area contributed by atoms with Crippen LogP contribution in [0.1, 0.15) is 67.8 Å². The van der Waals surface area contributed by atoms with E-state index in [9.17, 15) is 0 Å². The van der Waals surface area contributed by atoms with Crippen molar-refractivity contribution in [3.8, 4) is 11.1 Å². The highest BCUT2D eigenvalue weighted by molar-refractivity contribution is 5.67. The molecule has 2 nitrogen and oxygen atoms in total. The summed E-state index contributed by atoms with van der Waals surface area (Å²) < 4.78 is 4.66. The Morgan fingerprint density at radius 3 is 1.90 bits per heavy atom. The van der Waals surface area contributed by atoms with Gasteiger partial charge in [0.25, 0.3) is 11.7 Å². The van der Waals surface area contributed by atoms with E-state index in [1.165, 1.54) is 39.1 Å². The van der Waals surface area contributed by atoms with E-state index < -0.39 is 0 Å². The summed E-state index contributed by atoms with van der Waals surface area (Å²) in [6.07, 6.45) is 4.55. The lowest BCUT2D eigenvalue weighted by Gasteiger charge is -2.22. The molecule has 3 aromatic carbocycles. The predicted molar refractivity (Wildman–Crippen MR) is 129 cm³/mol. The second-order valence-electron chi connectivity index (χ2n) is 9.23. The summed E-state index contributed by atoms with van der Waals surface area (Å²) in [6, 6.07) is 24.5. The van der Waals surface area contributed by atoms with Crippen LogP contribution < -0.4 is 0 Å². The number of hydrogen-bond donors (Lipinski definition) is 0. The van der Waals surface area contributed by atoms with Crippen LogP contribution in [0.15, 0.2) is 79.0 Å². The van der Waals surface area contributed by atoms with Gasteiger partial charge in [0.05, 0.1) is 6.08 Å². The molecule has 0 spiro atoms. The zero-order valence-corrected chi connectivity index (χ0v) is 19.6. The Morgan fingerprint density at radius 1 is 0.742 bits per heavy atom. The number of azo groups is 4. The Kier molecular flexibility index (Phi) is 5.91. The lowest BCUT2D eigenvalue weighted by Crippen LogP contribution is -2.20. The van der Waals surface area contributed by atoms with Gasteiger partial charge in [-0.05, 0) is 41.0 Å². The first-order valence-corrected chi connectivity index (χ1v) is 11.4. The van der Waals surface area contributed by atoms with Crippen LogP contribution in [0.5, 0.6) is 0 Å². The Bertz CT molecular complexity index is 1120. The number of hydrogen-bond acceptors (Lipinski definition) is 0. The van der Waals surface area contributed by atoms with Crippen LogP contribution in [0, 0.1) is 6.92 Å². The molecule has 0 amide bonds. The summed E-state index contributed by atoms with van der Waals surface area (Å²) >= 11 is 0. The molecule has 1 aliphatic heterocycles. The van der Waals surface area contributed by atoms with Crippen LogP contribution in [-0.2, 0) is 0 Å². The molecule has 1 heterocycles. The fourth-order valence-electron chi connectivity index (χ4n) is 4.71. The normalized spacial score (nSPS) is 16.1. The quantitative estimate of drug-likeness (QED) is 0.377. The molecule has 3 aromatic rings. The lowest BCUT2D eigenvalue weighted by atomic mass is 9.82. The van der Waals surface area contributed by atoms with Crippen LogP contribution >= 0.6 is 0 Å². The van der Waals surface area contributed by atoms with Gasteiger partial charge in [0.15, 0.2) is 0 Å². The van der Waals surface area contributed by atoms with Gasteiger partial charge in [-0.25, -0.2) is 0 Å². The van der Waals surface area contributed by atoms with E-state index >= 15 is 0 Å². The summed E-state index contributed by atoms with van der Waals surface area (Å²) in [5.74, 6) is 0.878. The number of aryl methyl sites for hydroxylation is 1. The van der Waals surface area contributed by atoms with Crippen molar-refractivity contribution in [2.75, 3.05) is 7.05 Å². The number of nitrogens with zero attached hydrogens (tertiary/aromatic N) is 2. The SMILES string of the molecule is Cc1ccccc1[N+]1=[N+](C)C=CC1c1c(C(C)C)cc(-c2ccccc2)cc1C(C)C. The molecule has 0 N–H and O–H groups in total. The van der Waals surface area contributed by atoms with Gasteiger partial charge in [-0.15, -0.1) is 0 Å². The minimum atomic E-state index is 0.186. The third-order valence-corrected chi connectivity index (χ3v) is 6.34. The number of benzene rings is 3. The average molecular weight is 411 g/mol. The molecule has 158 valence electrons. The molecule has 1 unspecified atom stereocenters. The van der Waals surface area contributed by atoms with E-state index in [1.807, 2.05) is 0 Å². The van der Waals surface area contributed by atoms with Crippen LogP contribution in [0.25, 0.3) is 11.1 Å². The molecule has 0 aliphatic carbocycles. The molecule has 0 fully saturated rings. The minimum absolute atomic E-state index is 0.186. The molecule has 31 heavy (non-hydrogen) atoms. The van der Waals surface area contributed by atoms with Crippen molar-refractivity contribution in [1.29, 1.82) is 0 Å². The summed E-state index contributed by atoms with van der Waals surface area (Å²) in [7, 11) is 2.14. The van der Waals surface area contributed by atoms with Crippen molar-refractivity contribution in [3.05, 3.63) is 101 Å². The van der Waals surface area contributed by atoms with Gasteiger partial charge < -0.3 is 0 Å². The maximum atomic E-state index is 2.44. The van der Waals surface area contributed by atoms with Gasteiger partial charge in [-0.3, -0.25) is 0 Å². The first kappa shape index (κ1) is 21.2. The maximum Gasteiger partial charge on any atom is 0.273 e. The second-order valence-corrected chi connectivity index (χ2v) is 9.23. The highest BCUT2D eigenvalue weighted by atomic mass is 15.4. The predicted octanol–water partition coefficient (Wildman–Crippen LogP) is 7.92. The largest absolute Gasteiger partial charge is 0.273 e. The fourth-order valence-corrected chi connectivity index (χ4v) is 4.71. The number of para-hydroxylation sites is 1. The third kappa shape index (κ3) is 3.99. The van der Waals surface area contributed by atoms with Crippen LogP contribution in [-0.4, -0.2) is 16.4 Å². The Labute approximate surface area is 187 Å². The van der Waals surface area contributed by atoms with E-state index in [4.69, 9.17) is 0 Å². The van der Waals surface area contributed by atoms with Crippen molar-refractivity contribution in [2.24, 2.45) is 0 Å². The summed E-state index contributed by atoms with van der Waals surface area (Å²) in [4.78, 5) is 0. The average Bonchev–Trinajstić information content (AvgIpc) is 3.14. The molecule has 0 saturated carbocycles.